The van der Waals surface area contributed by atoms with E-state index in [4.69, 9.17) is 16.3 Å². The summed E-state index contributed by atoms with van der Waals surface area (Å²) in [5, 5.41) is 13.2. The third kappa shape index (κ3) is 4.69. The summed E-state index contributed by atoms with van der Waals surface area (Å²) in [6, 6.07) is 5.57. The van der Waals surface area contributed by atoms with Crippen LogP contribution in [-0.2, 0) is 22.4 Å². The molecule has 0 radical (unpaired) electrons. The maximum absolute atomic E-state index is 12.3. The molecule has 28 heavy (non-hydrogen) atoms. The highest BCUT2D eigenvalue weighted by Gasteiger charge is 2.23. The number of carbonyl (C=O) groups is 2. The van der Waals surface area contributed by atoms with Crippen molar-refractivity contribution in [3.05, 3.63) is 54.7 Å². The standard InChI is InChI=1S/C19H19ClN2O5S/c1-2-11-3-6-16-12(7-11)8-17(28-16)19(24)27-10-18(23)21-15-5-4-13(22(25)26)9-14(15)20/h4-5,8-9,11H,2-3,6-7,10H2,1H3,(H,21,23). The third-order valence-electron chi connectivity index (χ3n) is 4.74. The van der Waals surface area contributed by atoms with Crippen LogP contribution in [0, 0.1) is 16.0 Å². The number of nitro benzene ring substituents is 1. The molecule has 0 aliphatic heterocycles. The Morgan fingerprint density at radius 3 is 2.86 bits per heavy atom. The maximum Gasteiger partial charge on any atom is 0.348 e. The zero-order valence-corrected chi connectivity index (χ0v) is 16.8. The Morgan fingerprint density at radius 2 is 2.18 bits per heavy atom. The van der Waals surface area contributed by atoms with Gasteiger partial charge in [0.1, 0.15) is 4.88 Å². The van der Waals surface area contributed by atoms with Gasteiger partial charge in [0.05, 0.1) is 15.6 Å². The molecule has 148 valence electrons. The van der Waals surface area contributed by atoms with Crippen LogP contribution in [0.3, 0.4) is 0 Å². The molecule has 0 fully saturated rings. The summed E-state index contributed by atoms with van der Waals surface area (Å²) in [7, 11) is 0. The van der Waals surface area contributed by atoms with E-state index in [9.17, 15) is 19.7 Å². The Hall–Kier alpha value is -2.45. The predicted octanol–water partition coefficient (Wildman–Crippen LogP) is 4.62. The Bertz CT molecular complexity index is 927. The van der Waals surface area contributed by atoms with Crippen LogP contribution in [0.25, 0.3) is 0 Å². The average Bonchev–Trinajstić information content (AvgIpc) is 3.10. The number of esters is 1. The van der Waals surface area contributed by atoms with E-state index < -0.39 is 23.4 Å². The lowest BCUT2D eigenvalue weighted by Gasteiger charge is -2.19. The van der Waals surface area contributed by atoms with Crippen LogP contribution in [0.4, 0.5) is 11.4 Å². The van der Waals surface area contributed by atoms with Crippen molar-refractivity contribution in [1.82, 2.24) is 0 Å². The van der Waals surface area contributed by atoms with Gasteiger partial charge in [0, 0.05) is 17.0 Å². The number of ether oxygens (including phenoxy) is 1. The number of hydrogen-bond donors (Lipinski definition) is 1. The zero-order chi connectivity index (χ0) is 20.3. The Balaban J connectivity index is 1.56. The molecular formula is C19H19ClN2O5S. The molecule has 1 N–H and O–H groups in total. The van der Waals surface area contributed by atoms with Crippen LogP contribution in [0.1, 0.15) is 39.9 Å². The van der Waals surface area contributed by atoms with Crippen molar-refractivity contribution in [1.29, 1.82) is 0 Å². The first-order valence-electron chi connectivity index (χ1n) is 8.89. The van der Waals surface area contributed by atoms with Crippen molar-refractivity contribution in [3.8, 4) is 0 Å². The summed E-state index contributed by atoms with van der Waals surface area (Å²) in [6.45, 7) is 1.71. The molecule has 1 aliphatic rings. The maximum atomic E-state index is 12.3. The molecule has 7 nitrogen and oxygen atoms in total. The molecule has 0 saturated carbocycles. The summed E-state index contributed by atoms with van der Waals surface area (Å²) >= 11 is 7.36. The van der Waals surface area contributed by atoms with Gasteiger partial charge < -0.3 is 10.1 Å². The Morgan fingerprint density at radius 1 is 1.39 bits per heavy atom. The average molecular weight is 423 g/mol. The number of nitrogens with zero attached hydrogens (tertiary/aromatic N) is 1. The topological polar surface area (TPSA) is 98.5 Å². The van der Waals surface area contributed by atoms with Gasteiger partial charge in [-0.05, 0) is 42.9 Å². The van der Waals surface area contributed by atoms with Crippen molar-refractivity contribution in [2.45, 2.75) is 32.6 Å². The van der Waals surface area contributed by atoms with Crippen molar-refractivity contribution >= 4 is 46.2 Å². The van der Waals surface area contributed by atoms with Crippen LogP contribution in [0.5, 0.6) is 0 Å². The van der Waals surface area contributed by atoms with Gasteiger partial charge in [-0.2, -0.15) is 0 Å². The monoisotopic (exact) mass is 422 g/mol. The van der Waals surface area contributed by atoms with E-state index in [1.165, 1.54) is 33.9 Å². The van der Waals surface area contributed by atoms with Gasteiger partial charge in [-0.1, -0.05) is 24.9 Å². The predicted molar refractivity (Wildman–Crippen MR) is 107 cm³/mol. The fourth-order valence-corrected chi connectivity index (χ4v) is 4.48. The number of anilines is 1. The number of rotatable bonds is 6. The molecule has 3 rings (SSSR count). The van der Waals surface area contributed by atoms with Crippen LogP contribution < -0.4 is 5.32 Å². The number of nitro groups is 1. The number of nitrogens with one attached hydrogen (secondary N) is 1. The van der Waals surface area contributed by atoms with Crippen LogP contribution >= 0.6 is 22.9 Å². The Labute approximate surface area is 170 Å². The molecular weight excluding hydrogens is 404 g/mol. The number of hydrogen-bond acceptors (Lipinski definition) is 6. The largest absolute Gasteiger partial charge is 0.451 e. The van der Waals surface area contributed by atoms with Gasteiger partial charge in [0.15, 0.2) is 6.61 Å². The first-order valence-corrected chi connectivity index (χ1v) is 10.1. The first-order chi connectivity index (χ1) is 13.4. The summed E-state index contributed by atoms with van der Waals surface area (Å²) < 4.78 is 5.10. The van der Waals surface area contributed by atoms with Crippen LogP contribution in [0.15, 0.2) is 24.3 Å². The SMILES string of the molecule is CCC1CCc2sc(C(=O)OCC(=O)Nc3ccc([N+](=O)[O-])cc3Cl)cc2C1. The first kappa shape index (κ1) is 20.3. The Kier molecular flexibility index (Phi) is 6.31. The second-order valence-electron chi connectivity index (χ2n) is 6.62. The number of carbonyl (C=O) groups excluding carboxylic acids is 2. The second kappa shape index (κ2) is 8.70. The molecule has 0 saturated heterocycles. The van der Waals surface area contributed by atoms with E-state index in [-0.39, 0.29) is 16.4 Å². The molecule has 0 bridgehead atoms. The molecule has 1 aromatic heterocycles. The number of fused-ring (bicyclic) bond motifs is 1. The number of aryl methyl sites for hydroxylation is 1. The molecule has 1 aliphatic carbocycles. The van der Waals surface area contributed by atoms with Gasteiger partial charge in [0.2, 0.25) is 0 Å². The molecule has 0 spiro atoms. The van der Waals surface area contributed by atoms with Gasteiger partial charge in [-0.25, -0.2) is 4.79 Å². The summed E-state index contributed by atoms with van der Waals surface area (Å²) in [5.74, 6) is -0.447. The lowest BCUT2D eigenvalue weighted by molar-refractivity contribution is -0.384. The second-order valence-corrected chi connectivity index (χ2v) is 8.17. The molecule has 2 aromatic rings. The van der Waals surface area contributed by atoms with Crippen molar-refractivity contribution < 1.29 is 19.2 Å². The van der Waals surface area contributed by atoms with E-state index in [0.717, 1.165) is 31.7 Å². The summed E-state index contributed by atoms with van der Waals surface area (Å²) in [6.07, 6.45) is 4.22. The number of benzene rings is 1. The number of amides is 1. The minimum Gasteiger partial charge on any atom is -0.451 e. The van der Waals surface area contributed by atoms with Gasteiger partial charge in [-0.3, -0.25) is 14.9 Å². The molecule has 1 amide bonds. The van der Waals surface area contributed by atoms with Crippen molar-refractivity contribution in [2.75, 3.05) is 11.9 Å². The number of halogens is 1. The molecule has 1 aromatic carbocycles. The van der Waals surface area contributed by atoms with Gasteiger partial charge >= 0.3 is 5.97 Å². The zero-order valence-electron chi connectivity index (χ0n) is 15.2. The van der Waals surface area contributed by atoms with Crippen LogP contribution in [-0.4, -0.2) is 23.4 Å². The molecule has 1 atom stereocenters. The molecule has 1 unspecified atom stereocenters. The normalized spacial score (nSPS) is 15.6. The van der Waals surface area contributed by atoms with E-state index >= 15 is 0 Å². The van der Waals surface area contributed by atoms with E-state index in [2.05, 4.69) is 12.2 Å². The third-order valence-corrected chi connectivity index (χ3v) is 6.27. The van der Waals surface area contributed by atoms with Gasteiger partial charge in [0.25, 0.3) is 11.6 Å². The molecule has 9 heteroatoms. The fourth-order valence-electron chi connectivity index (χ4n) is 3.16. The minimum atomic E-state index is -0.581. The molecule has 1 heterocycles. The van der Waals surface area contributed by atoms with E-state index in [1.54, 1.807) is 0 Å². The highest BCUT2D eigenvalue weighted by atomic mass is 35.5. The highest BCUT2D eigenvalue weighted by Crippen LogP contribution is 2.34. The fraction of sp³-hybridized carbons (Fsp3) is 0.368. The number of thiophene rings is 1. The van der Waals surface area contributed by atoms with Crippen molar-refractivity contribution in [2.24, 2.45) is 5.92 Å². The minimum absolute atomic E-state index is 0.0327. The van der Waals surface area contributed by atoms with Crippen molar-refractivity contribution in [3.63, 3.8) is 0 Å². The van der Waals surface area contributed by atoms with E-state index in [0.29, 0.717) is 10.8 Å². The number of non-ortho nitro benzene ring substituents is 1. The smallest absolute Gasteiger partial charge is 0.348 e. The highest BCUT2D eigenvalue weighted by molar-refractivity contribution is 7.14. The lowest BCUT2D eigenvalue weighted by atomic mass is 9.87. The van der Waals surface area contributed by atoms with E-state index in [1.807, 2.05) is 6.07 Å². The quantitative estimate of drug-likeness (QED) is 0.416. The van der Waals surface area contributed by atoms with Gasteiger partial charge in [-0.15, -0.1) is 11.3 Å². The van der Waals surface area contributed by atoms with Crippen LogP contribution in [0.2, 0.25) is 5.02 Å². The summed E-state index contributed by atoms with van der Waals surface area (Å²) in [5.41, 5.74) is 1.24. The summed E-state index contributed by atoms with van der Waals surface area (Å²) in [4.78, 5) is 36.1. The lowest BCUT2D eigenvalue weighted by Crippen LogP contribution is -2.20.